The molecule has 1 spiro atoms. The van der Waals surface area contributed by atoms with Crippen molar-refractivity contribution >= 4 is 56.4 Å². The maximum absolute atomic E-state index is 14.6. The van der Waals surface area contributed by atoms with Gasteiger partial charge in [0.15, 0.2) is 0 Å². The van der Waals surface area contributed by atoms with Crippen LogP contribution in [0, 0.1) is 11.8 Å². The van der Waals surface area contributed by atoms with Gasteiger partial charge >= 0.3 is 0 Å². The highest BCUT2D eigenvalue weighted by Crippen LogP contribution is 2.68. The van der Waals surface area contributed by atoms with E-state index in [0.717, 1.165) is 11.9 Å². The third-order valence-corrected chi connectivity index (χ3v) is 11.7. The molecule has 3 unspecified atom stereocenters. The lowest BCUT2D eigenvalue weighted by Gasteiger charge is -2.39. The topological polar surface area (TPSA) is 112 Å². The average Bonchev–Trinajstić information content (AvgIpc) is 3.68. The number of aliphatic hydroxyl groups is 1. The van der Waals surface area contributed by atoms with E-state index in [-0.39, 0.29) is 47.6 Å². The van der Waals surface area contributed by atoms with Crippen LogP contribution in [0.4, 0.5) is 0 Å². The summed E-state index contributed by atoms with van der Waals surface area (Å²) in [5, 5.41) is 18.6. The summed E-state index contributed by atoms with van der Waals surface area (Å²) >= 11 is 5.42. The van der Waals surface area contributed by atoms with Gasteiger partial charge in [0.1, 0.15) is 18.2 Å². The number of alkyl halides is 1. The number of aliphatic hydroxyl groups excluding tert-OH is 1. The van der Waals surface area contributed by atoms with Crippen molar-refractivity contribution in [2.45, 2.75) is 60.3 Å². The van der Waals surface area contributed by atoms with Crippen molar-refractivity contribution in [2.24, 2.45) is 11.8 Å². The first kappa shape index (κ1) is 29.8. The second-order valence-corrected chi connectivity index (χ2v) is 13.8. The predicted molar refractivity (Wildman–Crippen MR) is 162 cm³/mol. The summed E-state index contributed by atoms with van der Waals surface area (Å²) in [5.41, 5.74) is 1.50. The largest absolute Gasteiger partial charge is 0.394 e. The minimum absolute atomic E-state index is 0.0375. The number of carbonyl (C=O) groups is 3. The first-order chi connectivity index (χ1) is 19.7. The molecular weight excluding hydrogens is 608 g/mol. The van der Waals surface area contributed by atoms with E-state index in [9.17, 15) is 19.5 Å². The number of nitrogens with zero attached hydrogens (tertiary/aromatic N) is 6. The summed E-state index contributed by atoms with van der Waals surface area (Å²) in [6.07, 6.45) is 4.71. The fourth-order valence-electron chi connectivity index (χ4n) is 6.85. The highest BCUT2D eigenvalue weighted by Gasteiger charge is 2.76. The van der Waals surface area contributed by atoms with Crippen LogP contribution in [0.3, 0.4) is 0 Å². The molecule has 10 nitrogen and oxygen atoms in total. The third-order valence-electron chi connectivity index (χ3n) is 8.53. The van der Waals surface area contributed by atoms with E-state index in [0.29, 0.717) is 25.0 Å². The Morgan fingerprint density at radius 1 is 1.24 bits per heavy atom. The van der Waals surface area contributed by atoms with Gasteiger partial charge in [0.2, 0.25) is 17.7 Å². The fourth-order valence-corrected chi connectivity index (χ4v) is 10.4. The Bertz CT molecular complexity index is 1350. The molecule has 3 saturated heterocycles. The lowest BCUT2D eigenvalue weighted by atomic mass is 9.70. The van der Waals surface area contributed by atoms with Gasteiger partial charge in [0.05, 0.1) is 34.7 Å². The molecule has 3 fully saturated rings. The van der Waals surface area contributed by atoms with Gasteiger partial charge in [0.25, 0.3) is 0 Å². The maximum Gasteiger partial charge on any atom is 0.248 e. The molecule has 2 aromatic rings. The van der Waals surface area contributed by atoms with Crippen LogP contribution in [0.1, 0.15) is 26.7 Å². The van der Waals surface area contributed by atoms with Crippen molar-refractivity contribution in [3.05, 3.63) is 49.6 Å². The third kappa shape index (κ3) is 4.81. The number of carbonyl (C=O) groups excluding carboxylic acids is 3. The number of para-hydroxylation sites is 1. The molecule has 3 amide bonds. The number of hydrogen-bond acceptors (Lipinski definition) is 7. The molecular formula is C29H37BrN6O4S. The molecule has 0 saturated carbocycles. The fraction of sp³-hybridized carbons (Fsp3) is 0.552. The SMILES string of the molecule is C=CCN(Cn1nnc2ccccc21)C(=O)C1N([C@H](C)CO)C(=O)[C@@H]2[C@H](C(=O)N(CC=C)CCC)[C@H]3SC12CC3Br. The number of benzene rings is 1. The summed E-state index contributed by atoms with van der Waals surface area (Å²) in [7, 11) is 0. The monoisotopic (exact) mass is 644 g/mol. The molecule has 3 aliphatic rings. The smallest absolute Gasteiger partial charge is 0.248 e. The molecule has 0 aliphatic carbocycles. The number of halogens is 1. The van der Waals surface area contributed by atoms with Crippen LogP contribution in [0.25, 0.3) is 11.0 Å². The molecule has 12 heteroatoms. The lowest BCUT2D eigenvalue weighted by Crippen LogP contribution is -2.57. The van der Waals surface area contributed by atoms with E-state index >= 15 is 0 Å². The maximum atomic E-state index is 14.6. The zero-order valence-electron chi connectivity index (χ0n) is 23.4. The highest BCUT2D eigenvalue weighted by molar-refractivity contribution is 9.09. The van der Waals surface area contributed by atoms with E-state index < -0.39 is 28.7 Å². The molecule has 5 rings (SSSR count). The number of hydrogen-bond donors (Lipinski definition) is 1. The van der Waals surface area contributed by atoms with Crippen LogP contribution in [-0.4, -0.2) is 106 Å². The predicted octanol–water partition coefficient (Wildman–Crippen LogP) is 2.67. The number of likely N-dealkylation sites (tertiary alicyclic amines) is 1. The first-order valence-corrected chi connectivity index (χ1v) is 15.9. The molecule has 2 bridgehead atoms. The van der Waals surface area contributed by atoms with Gasteiger partial charge in [-0.3, -0.25) is 14.4 Å². The molecule has 0 radical (unpaired) electrons. The van der Waals surface area contributed by atoms with Gasteiger partial charge in [-0.05, 0) is 31.9 Å². The molecule has 220 valence electrons. The highest BCUT2D eigenvalue weighted by atomic mass is 79.9. The minimum Gasteiger partial charge on any atom is -0.394 e. The van der Waals surface area contributed by atoms with E-state index in [4.69, 9.17) is 0 Å². The first-order valence-electron chi connectivity index (χ1n) is 14.1. The van der Waals surface area contributed by atoms with Crippen LogP contribution in [-0.2, 0) is 21.1 Å². The van der Waals surface area contributed by atoms with Gasteiger partial charge in [-0.1, -0.05) is 52.4 Å². The van der Waals surface area contributed by atoms with Crippen LogP contribution in [0.2, 0.25) is 0 Å². The van der Waals surface area contributed by atoms with Crippen molar-refractivity contribution in [1.29, 1.82) is 0 Å². The van der Waals surface area contributed by atoms with Crippen molar-refractivity contribution in [1.82, 2.24) is 29.7 Å². The van der Waals surface area contributed by atoms with Crippen LogP contribution < -0.4 is 0 Å². The molecule has 1 N–H and O–H groups in total. The Morgan fingerprint density at radius 2 is 1.95 bits per heavy atom. The van der Waals surface area contributed by atoms with Crippen LogP contribution >= 0.6 is 27.7 Å². The van der Waals surface area contributed by atoms with Crippen molar-refractivity contribution in [3.8, 4) is 0 Å². The molecule has 1 aromatic heterocycles. The Hall–Kier alpha value is -2.70. The summed E-state index contributed by atoms with van der Waals surface area (Å²) in [5.74, 6) is -1.80. The quantitative estimate of drug-likeness (QED) is 0.279. The normalized spacial score (nSPS) is 29.0. The Balaban J connectivity index is 1.55. The number of rotatable bonds is 12. The van der Waals surface area contributed by atoms with Gasteiger partial charge < -0.3 is 19.8 Å². The summed E-state index contributed by atoms with van der Waals surface area (Å²) in [6, 6.07) is 6.07. The lowest BCUT2D eigenvalue weighted by molar-refractivity contribution is -0.147. The van der Waals surface area contributed by atoms with Crippen LogP contribution in [0.5, 0.6) is 0 Å². The molecule has 3 aliphatic heterocycles. The van der Waals surface area contributed by atoms with Gasteiger partial charge in [-0.15, -0.1) is 30.0 Å². The molecule has 7 atom stereocenters. The summed E-state index contributed by atoms with van der Waals surface area (Å²) < 4.78 is 0.853. The van der Waals surface area contributed by atoms with E-state index in [1.807, 2.05) is 31.2 Å². The zero-order valence-corrected chi connectivity index (χ0v) is 25.8. The number of amides is 3. The molecule has 1 aromatic carbocycles. The minimum atomic E-state index is -0.858. The van der Waals surface area contributed by atoms with E-state index in [1.54, 1.807) is 50.2 Å². The number of fused-ring (bicyclic) bond motifs is 2. The van der Waals surface area contributed by atoms with Gasteiger partial charge in [-0.25, -0.2) is 4.68 Å². The Kier molecular flexibility index (Phi) is 8.63. The summed E-state index contributed by atoms with van der Waals surface area (Å²) in [6.45, 7) is 12.5. The summed E-state index contributed by atoms with van der Waals surface area (Å²) in [4.78, 5) is 47.9. The second kappa shape index (κ2) is 11.9. The van der Waals surface area contributed by atoms with E-state index in [1.165, 1.54) is 0 Å². The van der Waals surface area contributed by atoms with Crippen molar-refractivity contribution < 1.29 is 19.5 Å². The molecule has 4 heterocycles. The second-order valence-electron chi connectivity index (χ2n) is 11.1. The zero-order chi connectivity index (χ0) is 29.5. The standard InChI is InChI=1S/C29H37BrN6O4S/c1-5-12-33(13-6-2)26(38)22-23-27(39)36(18(4)16-37)25(29(23)15-19(30)24(22)41-29)28(40)34(14-7-3)17-35-21-11-9-8-10-20(21)31-32-35/h5,7-11,18-19,22-25,37H,1,3,6,12-17H2,2,4H3/t18-,19?,22+,23+,24+,25?,29?/m1/s1. The van der Waals surface area contributed by atoms with E-state index in [2.05, 4.69) is 39.4 Å². The van der Waals surface area contributed by atoms with Crippen molar-refractivity contribution in [3.63, 3.8) is 0 Å². The van der Waals surface area contributed by atoms with Crippen LogP contribution in [0.15, 0.2) is 49.6 Å². The molecule has 41 heavy (non-hydrogen) atoms. The Labute approximate surface area is 252 Å². The van der Waals surface area contributed by atoms with Gasteiger partial charge in [0, 0.05) is 29.7 Å². The average molecular weight is 646 g/mol. The van der Waals surface area contributed by atoms with Gasteiger partial charge in [-0.2, -0.15) is 0 Å². The number of thioether (sulfide) groups is 1. The van der Waals surface area contributed by atoms with Crippen molar-refractivity contribution in [2.75, 3.05) is 26.2 Å². The Morgan fingerprint density at radius 3 is 2.63 bits per heavy atom. The number of aromatic nitrogens is 3.